The number of esters is 1. The number of rotatable bonds is 6. The topological polar surface area (TPSA) is 113 Å². The number of benzene rings is 1. The molecule has 0 aliphatic heterocycles. The van der Waals surface area contributed by atoms with Gasteiger partial charge in [-0.25, -0.2) is 4.79 Å². The maximum atomic E-state index is 11.5. The van der Waals surface area contributed by atoms with E-state index in [0.29, 0.717) is 0 Å². The van der Waals surface area contributed by atoms with E-state index in [4.69, 9.17) is 10.5 Å². The first-order valence-corrected chi connectivity index (χ1v) is 5.86. The van der Waals surface area contributed by atoms with E-state index in [2.05, 4.69) is 0 Å². The molecule has 1 aromatic carbocycles. The van der Waals surface area contributed by atoms with Crippen molar-refractivity contribution in [2.75, 3.05) is 6.61 Å². The van der Waals surface area contributed by atoms with Crippen molar-refractivity contribution in [1.29, 1.82) is 0 Å². The van der Waals surface area contributed by atoms with Gasteiger partial charge in [0.05, 0.1) is 22.7 Å². The van der Waals surface area contributed by atoms with Crippen molar-refractivity contribution in [3.63, 3.8) is 0 Å². The van der Waals surface area contributed by atoms with E-state index in [9.17, 15) is 19.7 Å². The molecule has 0 aliphatic rings. The quantitative estimate of drug-likeness (QED) is 0.483. The number of amides is 1. The third-order valence-corrected chi connectivity index (χ3v) is 2.35. The van der Waals surface area contributed by atoms with Gasteiger partial charge in [0.25, 0.3) is 5.69 Å². The molecule has 1 aromatic rings. The number of hydrogen-bond acceptors (Lipinski definition) is 5. The van der Waals surface area contributed by atoms with Crippen LogP contribution < -0.4 is 5.73 Å². The molecule has 0 saturated carbocycles. The van der Waals surface area contributed by atoms with Crippen LogP contribution in [0.2, 0.25) is 0 Å². The fourth-order valence-corrected chi connectivity index (χ4v) is 1.49. The Kier molecular flexibility index (Phi) is 5.40. The number of carbonyl (C=O) groups is 2. The Balaban J connectivity index is 3.08. The lowest BCUT2D eigenvalue weighted by Crippen LogP contribution is -2.08. The molecule has 7 nitrogen and oxygen atoms in total. The SMILES string of the molecule is CCOC(=O)c1ccc(C=CCC(N)=O)c([N+](=O)[O-])c1. The van der Waals surface area contributed by atoms with E-state index in [1.165, 1.54) is 24.3 Å². The number of hydrogen-bond donors (Lipinski definition) is 1. The molecule has 7 heteroatoms. The lowest BCUT2D eigenvalue weighted by atomic mass is 10.1. The summed E-state index contributed by atoms with van der Waals surface area (Å²) in [6.07, 6.45) is 2.82. The Labute approximate surface area is 115 Å². The second-order valence-electron chi connectivity index (χ2n) is 3.82. The lowest BCUT2D eigenvalue weighted by Gasteiger charge is -2.03. The van der Waals surface area contributed by atoms with E-state index in [-0.39, 0.29) is 29.8 Å². The molecule has 0 unspecified atom stereocenters. The molecule has 0 saturated heterocycles. The molecule has 0 aliphatic carbocycles. The average molecular weight is 278 g/mol. The fraction of sp³-hybridized carbons (Fsp3) is 0.231. The van der Waals surface area contributed by atoms with Gasteiger partial charge in [-0.1, -0.05) is 12.2 Å². The van der Waals surface area contributed by atoms with Crippen molar-refractivity contribution < 1.29 is 19.2 Å². The number of nitrogens with zero attached hydrogens (tertiary/aromatic N) is 1. The maximum Gasteiger partial charge on any atom is 0.338 e. The summed E-state index contributed by atoms with van der Waals surface area (Å²) < 4.78 is 4.77. The van der Waals surface area contributed by atoms with E-state index in [1.807, 2.05) is 0 Å². The van der Waals surface area contributed by atoms with Crippen LogP contribution in [0.4, 0.5) is 5.69 Å². The minimum Gasteiger partial charge on any atom is -0.462 e. The van der Waals surface area contributed by atoms with Gasteiger partial charge >= 0.3 is 5.97 Å². The molecule has 1 amide bonds. The standard InChI is InChI=1S/C13H14N2O5/c1-2-20-13(17)10-7-6-9(4-3-5-12(14)16)11(8-10)15(18)19/h3-4,6-8H,2,5H2,1H3,(H2,14,16). The van der Waals surface area contributed by atoms with Gasteiger partial charge in [0, 0.05) is 12.5 Å². The Bertz CT molecular complexity index is 566. The zero-order chi connectivity index (χ0) is 15.1. The number of carbonyl (C=O) groups excluding carboxylic acids is 2. The minimum atomic E-state index is -0.622. The maximum absolute atomic E-state index is 11.5. The van der Waals surface area contributed by atoms with Gasteiger partial charge in [0.2, 0.25) is 5.91 Å². The van der Waals surface area contributed by atoms with Crippen molar-refractivity contribution in [3.05, 3.63) is 45.5 Å². The molecule has 106 valence electrons. The Morgan fingerprint density at radius 3 is 2.70 bits per heavy atom. The van der Waals surface area contributed by atoms with Gasteiger partial charge in [-0.05, 0) is 19.1 Å². The number of nitrogens with two attached hydrogens (primary N) is 1. The van der Waals surface area contributed by atoms with E-state index < -0.39 is 16.8 Å². The summed E-state index contributed by atoms with van der Waals surface area (Å²) in [5.41, 5.74) is 5.11. The highest BCUT2D eigenvalue weighted by molar-refractivity contribution is 5.91. The van der Waals surface area contributed by atoms with Crippen LogP contribution in [-0.4, -0.2) is 23.4 Å². The monoisotopic (exact) mass is 278 g/mol. The van der Waals surface area contributed by atoms with Crippen molar-refractivity contribution in [3.8, 4) is 0 Å². The Morgan fingerprint density at radius 1 is 1.45 bits per heavy atom. The second kappa shape index (κ2) is 7.03. The number of nitro groups is 1. The first kappa shape index (κ1) is 15.4. The molecule has 0 heterocycles. The van der Waals surface area contributed by atoms with E-state index >= 15 is 0 Å². The van der Waals surface area contributed by atoms with Gasteiger partial charge in [0.1, 0.15) is 0 Å². The highest BCUT2D eigenvalue weighted by atomic mass is 16.6. The van der Waals surface area contributed by atoms with E-state index in [1.54, 1.807) is 6.92 Å². The predicted octanol–water partition coefficient (Wildman–Crippen LogP) is 1.66. The minimum absolute atomic E-state index is 0.0171. The van der Waals surface area contributed by atoms with Gasteiger partial charge in [-0.3, -0.25) is 14.9 Å². The summed E-state index contributed by atoms with van der Waals surface area (Å²) in [7, 11) is 0. The highest BCUT2D eigenvalue weighted by Crippen LogP contribution is 2.22. The van der Waals surface area contributed by atoms with Crippen LogP contribution in [-0.2, 0) is 9.53 Å². The summed E-state index contributed by atoms with van der Waals surface area (Å²) in [6.45, 7) is 1.83. The van der Waals surface area contributed by atoms with Crippen molar-refractivity contribution in [2.24, 2.45) is 5.73 Å². The predicted molar refractivity (Wildman–Crippen MR) is 71.9 cm³/mol. The Morgan fingerprint density at radius 2 is 2.15 bits per heavy atom. The molecule has 1 rings (SSSR count). The van der Waals surface area contributed by atoms with E-state index in [0.717, 1.165) is 6.07 Å². The molecule has 20 heavy (non-hydrogen) atoms. The molecule has 0 atom stereocenters. The van der Waals surface area contributed by atoms with Crippen molar-refractivity contribution >= 4 is 23.6 Å². The van der Waals surface area contributed by atoms with Crippen molar-refractivity contribution in [1.82, 2.24) is 0 Å². The third-order valence-electron chi connectivity index (χ3n) is 2.35. The smallest absolute Gasteiger partial charge is 0.338 e. The number of nitro benzene ring substituents is 1. The van der Waals surface area contributed by atoms with Crippen LogP contribution in [0.3, 0.4) is 0 Å². The van der Waals surface area contributed by atoms with Gasteiger partial charge in [-0.15, -0.1) is 0 Å². The number of primary amides is 1. The summed E-state index contributed by atoms with van der Waals surface area (Å²) >= 11 is 0. The number of ether oxygens (including phenoxy) is 1. The van der Waals surface area contributed by atoms with Crippen LogP contribution in [0, 0.1) is 10.1 Å². The molecule has 2 N–H and O–H groups in total. The summed E-state index contributed by atoms with van der Waals surface area (Å²) in [5.74, 6) is -1.16. The highest BCUT2D eigenvalue weighted by Gasteiger charge is 2.16. The Hall–Kier alpha value is -2.70. The zero-order valence-corrected chi connectivity index (χ0v) is 10.9. The first-order chi connectivity index (χ1) is 9.45. The first-order valence-electron chi connectivity index (χ1n) is 5.86. The molecule has 0 spiro atoms. The van der Waals surface area contributed by atoms with Gasteiger partial charge in [-0.2, -0.15) is 0 Å². The summed E-state index contributed by atoms with van der Waals surface area (Å²) in [5, 5.41) is 11.0. The fourth-order valence-electron chi connectivity index (χ4n) is 1.49. The lowest BCUT2D eigenvalue weighted by molar-refractivity contribution is -0.385. The van der Waals surface area contributed by atoms with Crippen LogP contribution in [0.15, 0.2) is 24.3 Å². The molecule has 0 radical (unpaired) electrons. The largest absolute Gasteiger partial charge is 0.462 e. The third kappa shape index (κ3) is 4.20. The molecule has 0 aromatic heterocycles. The average Bonchev–Trinajstić information content (AvgIpc) is 2.38. The molecule has 0 fully saturated rings. The second-order valence-corrected chi connectivity index (χ2v) is 3.82. The summed E-state index contributed by atoms with van der Waals surface area (Å²) in [6, 6.07) is 3.98. The summed E-state index contributed by atoms with van der Waals surface area (Å²) in [4.78, 5) is 32.5. The molecular formula is C13H14N2O5. The van der Waals surface area contributed by atoms with Crippen LogP contribution in [0.25, 0.3) is 6.08 Å². The van der Waals surface area contributed by atoms with Crippen LogP contribution in [0.5, 0.6) is 0 Å². The van der Waals surface area contributed by atoms with Crippen LogP contribution >= 0.6 is 0 Å². The molecule has 0 bridgehead atoms. The molecular weight excluding hydrogens is 264 g/mol. The van der Waals surface area contributed by atoms with Gasteiger partial charge < -0.3 is 10.5 Å². The zero-order valence-electron chi connectivity index (χ0n) is 10.9. The normalized spacial score (nSPS) is 10.4. The van der Waals surface area contributed by atoms with Crippen LogP contribution in [0.1, 0.15) is 29.3 Å². The van der Waals surface area contributed by atoms with Gasteiger partial charge in [0.15, 0.2) is 0 Å². The van der Waals surface area contributed by atoms with Crippen molar-refractivity contribution in [2.45, 2.75) is 13.3 Å².